The number of hydrogen-bond donors (Lipinski definition) is 1. The SMILES string of the molecule is CCC(CC)C(=O)N1CCC(Nc2cc(C)nc3c([N+](=O)[O-])cccc23)CC1. The summed E-state index contributed by atoms with van der Waals surface area (Å²) in [5, 5.41) is 15.6. The number of likely N-dealkylation sites (tertiary alicyclic amines) is 1. The van der Waals surface area contributed by atoms with Crippen LogP contribution in [0.25, 0.3) is 10.9 Å². The van der Waals surface area contributed by atoms with E-state index >= 15 is 0 Å². The zero-order chi connectivity index (χ0) is 20.3. The first kappa shape index (κ1) is 20.0. The van der Waals surface area contributed by atoms with Gasteiger partial charge in [-0.1, -0.05) is 26.0 Å². The van der Waals surface area contributed by atoms with Gasteiger partial charge in [0.25, 0.3) is 5.69 Å². The van der Waals surface area contributed by atoms with Gasteiger partial charge in [0.2, 0.25) is 5.91 Å². The lowest BCUT2D eigenvalue weighted by Crippen LogP contribution is -2.44. The number of benzene rings is 1. The average Bonchev–Trinajstić information content (AvgIpc) is 2.68. The molecule has 1 aliphatic heterocycles. The van der Waals surface area contributed by atoms with Crippen LogP contribution in [-0.4, -0.2) is 39.8 Å². The van der Waals surface area contributed by atoms with Crippen LogP contribution >= 0.6 is 0 Å². The Labute approximate surface area is 165 Å². The molecule has 0 bridgehead atoms. The number of para-hydroxylation sites is 1. The number of pyridine rings is 1. The van der Waals surface area contributed by atoms with Crippen molar-refractivity contribution < 1.29 is 9.72 Å². The van der Waals surface area contributed by atoms with Crippen LogP contribution in [0, 0.1) is 23.0 Å². The molecule has 0 unspecified atom stereocenters. The van der Waals surface area contributed by atoms with Gasteiger partial charge in [-0.25, -0.2) is 4.98 Å². The molecule has 28 heavy (non-hydrogen) atoms. The maximum atomic E-state index is 12.6. The zero-order valence-electron chi connectivity index (χ0n) is 16.8. The predicted molar refractivity (Wildman–Crippen MR) is 110 cm³/mol. The summed E-state index contributed by atoms with van der Waals surface area (Å²) in [6.45, 7) is 7.47. The molecule has 2 heterocycles. The van der Waals surface area contributed by atoms with Crippen molar-refractivity contribution in [2.75, 3.05) is 18.4 Å². The standard InChI is InChI=1S/C21H28N4O3/c1-4-15(5-2)21(26)24-11-9-16(10-12-24)23-18-13-14(3)22-20-17(18)7-6-8-19(20)25(27)28/h6-8,13,15-16H,4-5,9-12H2,1-3H3,(H,22,23). The molecule has 0 spiro atoms. The number of nitrogens with zero attached hydrogens (tertiary/aromatic N) is 3. The van der Waals surface area contributed by atoms with Crippen molar-refractivity contribution in [3.63, 3.8) is 0 Å². The van der Waals surface area contributed by atoms with Crippen molar-refractivity contribution in [2.45, 2.75) is 52.5 Å². The van der Waals surface area contributed by atoms with E-state index in [9.17, 15) is 14.9 Å². The lowest BCUT2D eigenvalue weighted by molar-refractivity contribution is -0.383. The molecule has 1 N–H and O–H groups in total. The van der Waals surface area contributed by atoms with Gasteiger partial charge in [0.15, 0.2) is 5.52 Å². The highest BCUT2D eigenvalue weighted by atomic mass is 16.6. The first-order valence-electron chi connectivity index (χ1n) is 10.0. The Bertz CT molecular complexity index is 871. The Morgan fingerprint density at radius 1 is 1.32 bits per heavy atom. The number of nitro groups is 1. The summed E-state index contributed by atoms with van der Waals surface area (Å²) in [5.74, 6) is 0.390. The number of non-ortho nitro benzene ring substituents is 1. The number of anilines is 1. The quantitative estimate of drug-likeness (QED) is 0.593. The lowest BCUT2D eigenvalue weighted by Gasteiger charge is -2.35. The van der Waals surface area contributed by atoms with E-state index in [-0.39, 0.29) is 28.5 Å². The van der Waals surface area contributed by atoms with Gasteiger partial charge in [-0.3, -0.25) is 14.9 Å². The molecule has 1 aromatic heterocycles. The van der Waals surface area contributed by atoms with Gasteiger partial charge >= 0.3 is 0 Å². The summed E-state index contributed by atoms with van der Waals surface area (Å²) >= 11 is 0. The monoisotopic (exact) mass is 384 g/mol. The number of fused-ring (bicyclic) bond motifs is 1. The number of rotatable bonds is 6. The Kier molecular flexibility index (Phi) is 6.11. The van der Waals surface area contributed by atoms with E-state index < -0.39 is 0 Å². The maximum Gasteiger partial charge on any atom is 0.295 e. The molecule has 7 nitrogen and oxygen atoms in total. The van der Waals surface area contributed by atoms with Crippen LogP contribution in [0.2, 0.25) is 0 Å². The summed E-state index contributed by atoms with van der Waals surface area (Å²) in [4.78, 5) is 29.9. The van der Waals surface area contributed by atoms with Crippen LogP contribution in [0.1, 0.15) is 45.2 Å². The molecule has 1 fully saturated rings. The summed E-state index contributed by atoms with van der Waals surface area (Å²) in [6.07, 6.45) is 3.50. The van der Waals surface area contributed by atoms with Gasteiger partial charge in [-0.05, 0) is 38.7 Å². The second-order valence-electron chi connectivity index (χ2n) is 7.50. The number of aryl methyl sites for hydroxylation is 1. The van der Waals surface area contributed by atoms with Crippen molar-refractivity contribution in [1.29, 1.82) is 0 Å². The molecule has 0 atom stereocenters. The van der Waals surface area contributed by atoms with E-state index in [2.05, 4.69) is 24.1 Å². The number of nitro benzene ring substituents is 1. The molecule has 1 aliphatic rings. The van der Waals surface area contributed by atoms with Gasteiger partial charge in [-0.2, -0.15) is 0 Å². The summed E-state index contributed by atoms with van der Waals surface area (Å²) < 4.78 is 0. The fourth-order valence-corrected chi connectivity index (χ4v) is 3.99. The second-order valence-corrected chi connectivity index (χ2v) is 7.50. The highest BCUT2D eigenvalue weighted by Gasteiger charge is 2.27. The molecule has 1 amide bonds. The normalized spacial score (nSPS) is 15.2. The van der Waals surface area contributed by atoms with Gasteiger partial charge < -0.3 is 10.2 Å². The summed E-state index contributed by atoms with van der Waals surface area (Å²) in [7, 11) is 0. The molecule has 0 aliphatic carbocycles. The third kappa shape index (κ3) is 4.08. The molecule has 1 aromatic carbocycles. The first-order chi connectivity index (χ1) is 13.4. The van der Waals surface area contributed by atoms with Crippen LogP contribution in [0.4, 0.5) is 11.4 Å². The van der Waals surface area contributed by atoms with Crippen LogP contribution in [0.5, 0.6) is 0 Å². The molecule has 150 valence electrons. The Balaban J connectivity index is 1.75. The fraction of sp³-hybridized carbons (Fsp3) is 0.524. The molecular formula is C21H28N4O3. The van der Waals surface area contributed by atoms with Crippen LogP contribution < -0.4 is 5.32 Å². The van der Waals surface area contributed by atoms with Crippen LogP contribution in [0.3, 0.4) is 0 Å². The van der Waals surface area contributed by atoms with E-state index in [1.54, 1.807) is 6.07 Å². The molecule has 3 rings (SSSR count). The third-order valence-corrected chi connectivity index (χ3v) is 5.64. The van der Waals surface area contributed by atoms with Gasteiger partial charge in [-0.15, -0.1) is 0 Å². The summed E-state index contributed by atoms with van der Waals surface area (Å²) in [5.41, 5.74) is 2.05. The molecule has 2 aromatic rings. The van der Waals surface area contributed by atoms with E-state index in [0.29, 0.717) is 5.52 Å². The number of aromatic nitrogens is 1. The minimum absolute atomic E-state index is 0.0230. The lowest BCUT2D eigenvalue weighted by atomic mass is 9.98. The number of nitrogens with one attached hydrogen (secondary N) is 1. The van der Waals surface area contributed by atoms with Gasteiger partial charge in [0.05, 0.1) is 4.92 Å². The number of carbonyl (C=O) groups excluding carboxylic acids is 1. The molecular weight excluding hydrogens is 356 g/mol. The minimum Gasteiger partial charge on any atom is -0.382 e. The smallest absolute Gasteiger partial charge is 0.295 e. The summed E-state index contributed by atoms with van der Waals surface area (Å²) in [6, 6.07) is 7.21. The number of piperidine rings is 1. The highest BCUT2D eigenvalue weighted by Crippen LogP contribution is 2.31. The van der Waals surface area contributed by atoms with E-state index in [1.807, 2.05) is 24.0 Å². The number of amides is 1. The van der Waals surface area contributed by atoms with E-state index in [0.717, 1.165) is 55.5 Å². The third-order valence-electron chi connectivity index (χ3n) is 5.64. The van der Waals surface area contributed by atoms with Crippen molar-refractivity contribution in [3.05, 3.63) is 40.1 Å². The topological polar surface area (TPSA) is 88.4 Å². The van der Waals surface area contributed by atoms with E-state index in [1.165, 1.54) is 6.07 Å². The van der Waals surface area contributed by atoms with Crippen molar-refractivity contribution in [1.82, 2.24) is 9.88 Å². The number of carbonyl (C=O) groups is 1. The largest absolute Gasteiger partial charge is 0.382 e. The predicted octanol–water partition coefficient (Wildman–Crippen LogP) is 4.29. The van der Waals surface area contributed by atoms with Gasteiger partial charge in [0, 0.05) is 47.9 Å². The molecule has 1 saturated heterocycles. The Morgan fingerprint density at radius 2 is 2.00 bits per heavy atom. The fourth-order valence-electron chi connectivity index (χ4n) is 3.99. The number of hydrogen-bond acceptors (Lipinski definition) is 5. The van der Waals surface area contributed by atoms with Crippen LogP contribution in [-0.2, 0) is 4.79 Å². The highest BCUT2D eigenvalue weighted by molar-refractivity contribution is 5.96. The minimum atomic E-state index is -0.388. The molecule has 0 saturated carbocycles. The van der Waals surface area contributed by atoms with E-state index in [4.69, 9.17) is 0 Å². The Morgan fingerprint density at radius 3 is 2.61 bits per heavy atom. The second kappa shape index (κ2) is 8.54. The van der Waals surface area contributed by atoms with Crippen molar-refractivity contribution >= 4 is 28.2 Å². The maximum absolute atomic E-state index is 12.6. The van der Waals surface area contributed by atoms with Crippen molar-refractivity contribution in [2.24, 2.45) is 5.92 Å². The average molecular weight is 384 g/mol. The molecule has 7 heteroatoms. The zero-order valence-corrected chi connectivity index (χ0v) is 16.8. The van der Waals surface area contributed by atoms with Gasteiger partial charge in [0.1, 0.15) is 0 Å². The molecule has 0 radical (unpaired) electrons. The first-order valence-corrected chi connectivity index (χ1v) is 10.0. The van der Waals surface area contributed by atoms with Crippen molar-refractivity contribution in [3.8, 4) is 0 Å². The Hall–Kier alpha value is -2.70. The van der Waals surface area contributed by atoms with Crippen LogP contribution in [0.15, 0.2) is 24.3 Å².